The maximum absolute atomic E-state index is 13.2. The number of alkyl halides is 3. The highest BCUT2D eigenvalue weighted by atomic mass is 19.4. The Kier molecular flexibility index (Phi) is 5.46. The molecular weight excluding hydrogens is 423 g/mol. The van der Waals surface area contributed by atoms with Crippen LogP contribution in [-0.2, 0) is 10.9 Å². The lowest BCUT2D eigenvalue weighted by atomic mass is 9.92. The van der Waals surface area contributed by atoms with Crippen molar-refractivity contribution < 1.29 is 27.1 Å². The molecule has 1 saturated heterocycles. The van der Waals surface area contributed by atoms with Crippen molar-refractivity contribution in [3.63, 3.8) is 0 Å². The number of nitrogens with zero attached hydrogens (tertiary/aromatic N) is 2. The fourth-order valence-corrected chi connectivity index (χ4v) is 4.65. The molecule has 2 aromatic carbocycles. The van der Waals surface area contributed by atoms with E-state index >= 15 is 0 Å². The summed E-state index contributed by atoms with van der Waals surface area (Å²) in [6.45, 7) is 2.14. The van der Waals surface area contributed by atoms with Crippen LogP contribution in [0.4, 0.5) is 18.9 Å². The Labute approximate surface area is 183 Å². The molecule has 32 heavy (non-hydrogen) atoms. The topological polar surface area (TPSA) is 59.8 Å². The fraction of sp³-hybridized carbons (Fsp3) is 0.435. The second-order valence-corrected chi connectivity index (χ2v) is 8.20. The number of methoxy groups -OCH3 is 1. The zero-order valence-electron chi connectivity index (χ0n) is 17.6. The third kappa shape index (κ3) is 3.91. The Morgan fingerprint density at radius 1 is 1.16 bits per heavy atom. The number of rotatable bonds is 4. The number of fused-ring (bicyclic) bond motifs is 2. The van der Waals surface area contributed by atoms with Crippen molar-refractivity contribution in [2.75, 3.05) is 32.1 Å². The molecule has 3 atom stereocenters. The summed E-state index contributed by atoms with van der Waals surface area (Å²) in [5.41, 5.74) is 1.68. The number of ether oxygens (including phenoxy) is 2. The maximum Gasteiger partial charge on any atom is 0.468 e. The van der Waals surface area contributed by atoms with Crippen LogP contribution in [0.5, 0.6) is 5.75 Å². The van der Waals surface area contributed by atoms with E-state index in [4.69, 9.17) is 13.9 Å². The molecule has 0 amide bonds. The molecule has 0 saturated carbocycles. The number of hydrogen-bond acceptors (Lipinski definition) is 6. The SMILES string of the molecule is CO[C@H]1CCCN([C@H]2COc3ccccc3[C@@H]2Nc2cccc3nc(C(F)(F)F)oc23)C1. The molecule has 5 rings (SSSR count). The van der Waals surface area contributed by atoms with Crippen LogP contribution in [0.15, 0.2) is 46.9 Å². The number of hydrogen-bond donors (Lipinski definition) is 1. The largest absolute Gasteiger partial charge is 0.491 e. The molecule has 3 aromatic rings. The number of aromatic nitrogens is 1. The summed E-state index contributed by atoms with van der Waals surface area (Å²) >= 11 is 0. The molecule has 6 nitrogen and oxygen atoms in total. The van der Waals surface area contributed by atoms with E-state index in [-0.39, 0.29) is 29.3 Å². The smallest absolute Gasteiger partial charge is 0.468 e. The molecule has 2 aliphatic rings. The zero-order valence-corrected chi connectivity index (χ0v) is 17.6. The first-order valence-corrected chi connectivity index (χ1v) is 10.7. The predicted octanol–water partition coefficient (Wildman–Crippen LogP) is 4.87. The molecule has 0 bridgehead atoms. The second kappa shape index (κ2) is 8.29. The lowest BCUT2D eigenvalue weighted by Gasteiger charge is -2.44. The van der Waals surface area contributed by atoms with E-state index in [1.165, 1.54) is 6.07 Å². The summed E-state index contributed by atoms with van der Waals surface area (Å²) in [6, 6.07) is 12.4. The van der Waals surface area contributed by atoms with Crippen LogP contribution in [-0.4, -0.2) is 48.8 Å². The highest BCUT2D eigenvalue weighted by Gasteiger charge is 2.39. The van der Waals surface area contributed by atoms with Gasteiger partial charge in [0.1, 0.15) is 17.9 Å². The molecule has 1 aromatic heterocycles. The summed E-state index contributed by atoms with van der Waals surface area (Å²) in [7, 11) is 1.72. The van der Waals surface area contributed by atoms with Gasteiger partial charge in [0.25, 0.3) is 0 Å². The van der Waals surface area contributed by atoms with Gasteiger partial charge in [-0.05, 0) is 37.6 Å². The van der Waals surface area contributed by atoms with Crippen molar-refractivity contribution in [1.29, 1.82) is 0 Å². The number of oxazole rings is 1. The third-order valence-electron chi connectivity index (χ3n) is 6.23. The fourth-order valence-electron chi connectivity index (χ4n) is 4.65. The van der Waals surface area contributed by atoms with Gasteiger partial charge >= 0.3 is 12.1 Å². The minimum Gasteiger partial charge on any atom is -0.491 e. The summed E-state index contributed by atoms with van der Waals surface area (Å²) in [5, 5.41) is 3.46. The van der Waals surface area contributed by atoms with Crippen molar-refractivity contribution in [2.45, 2.75) is 37.2 Å². The first-order valence-electron chi connectivity index (χ1n) is 10.7. The van der Waals surface area contributed by atoms with E-state index in [0.717, 1.165) is 37.2 Å². The van der Waals surface area contributed by atoms with E-state index in [1.807, 2.05) is 24.3 Å². The van der Waals surface area contributed by atoms with Gasteiger partial charge in [-0.15, -0.1) is 0 Å². The Hall–Kier alpha value is -2.78. The van der Waals surface area contributed by atoms with Crippen LogP contribution in [0.1, 0.15) is 30.3 Å². The number of anilines is 1. The Bertz CT molecular complexity index is 1100. The maximum atomic E-state index is 13.2. The lowest BCUT2D eigenvalue weighted by Crippen LogP contribution is -2.53. The van der Waals surface area contributed by atoms with E-state index in [2.05, 4.69) is 15.2 Å². The monoisotopic (exact) mass is 447 g/mol. The second-order valence-electron chi connectivity index (χ2n) is 8.20. The zero-order chi connectivity index (χ0) is 22.3. The first kappa shape index (κ1) is 21.1. The van der Waals surface area contributed by atoms with E-state index in [9.17, 15) is 13.2 Å². The lowest BCUT2D eigenvalue weighted by molar-refractivity contribution is -0.156. The van der Waals surface area contributed by atoms with E-state index in [1.54, 1.807) is 19.2 Å². The third-order valence-corrected chi connectivity index (χ3v) is 6.23. The number of benzene rings is 2. The van der Waals surface area contributed by atoms with Gasteiger partial charge in [0, 0.05) is 19.2 Å². The molecule has 1 fully saturated rings. The number of halogens is 3. The van der Waals surface area contributed by atoms with Crippen LogP contribution in [0.25, 0.3) is 11.1 Å². The molecular formula is C23H24F3N3O3. The minimum atomic E-state index is -4.65. The van der Waals surface area contributed by atoms with E-state index < -0.39 is 12.1 Å². The van der Waals surface area contributed by atoms with Crippen molar-refractivity contribution in [3.05, 3.63) is 53.9 Å². The van der Waals surface area contributed by atoms with Crippen LogP contribution < -0.4 is 10.1 Å². The van der Waals surface area contributed by atoms with Gasteiger partial charge in [-0.2, -0.15) is 13.2 Å². The standard InChI is InChI=1S/C23H24F3N3O3/c1-30-14-6-5-11-29(12-14)18-13-31-19-10-3-2-7-15(19)20(18)27-16-8-4-9-17-21(16)32-22(28-17)23(24,25)26/h2-4,7-10,14,18,20,27H,5-6,11-13H2,1H3/t14-,18-,20-/m0/s1. The van der Waals surface area contributed by atoms with Crippen molar-refractivity contribution >= 4 is 16.8 Å². The molecule has 0 spiro atoms. The van der Waals surface area contributed by atoms with Crippen LogP contribution >= 0.6 is 0 Å². The van der Waals surface area contributed by atoms with Gasteiger partial charge in [-0.1, -0.05) is 24.3 Å². The van der Waals surface area contributed by atoms with Crippen molar-refractivity contribution in [2.24, 2.45) is 0 Å². The average Bonchev–Trinajstić information content (AvgIpc) is 3.25. The Morgan fingerprint density at radius 3 is 2.81 bits per heavy atom. The van der Waals surface area contributed by atoms with Crippen molar-refractivity contribution in [3.8, 4) is 5.75 Å². The molecule has 3 heterocycles. The summed E-state index contributed by atoms with van der Waals surface area (Å²) in [5.74, 6) is -0.480. The van der Waals surface area contributed by atoms with Crippen LogP contribution in [0.3, 0.4) is 0 Å². The average molecular weight is 447 g/mol. The van der Waals surface area contributed by atoms with Crippen LogP contribution in [0.2, 0.25) is 0 Å². The summed E-state index contributed by atoms with van der Waals surface area (Å²) in [4.78, 5) is 5.97. The molecule has 0 aliphatic carbocycles. The molecule has 0 unspecified atom stereocenters. The quantitative estimate of drug-likeness (QED) is 0.616. The molecule has 1 N–H and O–H groups in total. The van der Waals surface area contributed by atoms with Gasteiger partial charge < -0.3 is 19.2 Å². The Morgan fingerprint density at radius 2 is 2.00 bits per heavy atom. The van der Waals surface area contributed by atoms with Gasteiger partial charge in [-0.3, -0.25) is 4.90 Å². The summed E-state index contributed by atoms with van der Waals surface area (Å²) in [6.07, 6.45) is -2.48. The van der Waals surface area contributed by atoms with Gasteiger partial charge in [-0.25, -0.2) is 4.98 Å². The van der Waals surface area contributed by atoms with Gasteiger partial charge in [0.2, 0.25) is 0 Å². The number of para-hydroxylation sites is 2. The predicted molar refractivity (Wildman–Crippen MR) is 113 cm³/mol. The highest BCUT2D eigenvalue weighted by Crippen LogP contribution is 2.40. The minimum absolute atomic E-state index is 0.0249. The van der Waals surface area contributed by atoms with Gasteiger partial charge in [0.05, 0.1) is 23.9 Å². The van der Waals surface area contributed by atoms with E-state index in [0.29, 0.717) is 12.3 Å². The number of likely N-dealkylation sites (tertiary alicyclic amines) is 1. The molecule has 9 heteroatoms. The van der Waals surface area contributed by atoms with Crippen molar-refractivity contribution in [1.82, 2.24) is 9.88 Å². The molecule has 2 aliphatic heterocycles. The first-order chi connectivity index (χ1) is 15.4. The number of nitrogens with one attached hydrogen (secondary N) is 1. The molecule has 170 valence electrons. The normalized spacial score (nSPS) is 24.2. The molecule has 0 radical (unpaired) electrons. The summed E-state index contributed by atoms with van der Waals surface area (Å²) < 4.78 is 56.3. The van der Waals surface area contributed by atoms with Crippen LogP contribution in [0, 0.1) is 0 Å². The highest BCUT2D eigenvalue weighted by molar-refractivity contribution is 5.86. The number of piperidine rings is 1. The van der Waals surface area contributed by atoms with Gasteiger partial charge in [0.15, 0.2) is 5.58 Å². The Balaban J connectivity index is 1.52.